The Morgan fingerprint density at radius 1 is 1.28 bits per heavy atom. The summed E-state index contributed by atoms with van der Waals surface area (Å²) in [4.78, 5) is 16.0. The predicted octanol–water partition coefficient (Wildman–Crippen LogP) is 1.88. The van der Waals surface area contributed by atoms with Crippen LogP contribution in [0.1, 0.15) is 26.2 Å². The average molecular weight is 264 g/mol. The van der Waals surface area contributed by atoms with Gasteiger partial charge in [-0.15, -0.1) is 0 Å². The molecule has 0 aromatic heterocycles. The summed E-state index contributed by atoms with van der Waals surface area (Å²) in [7, 11) is 1.99. The maximum atomic E-state index is 12.3. The van der Waals surface area contributed by atoms with Crippen LogP contribution in [0.15, 0.2) is 0 Å². The molecule has 2 heterocycles. The highest BCUT2D eigenvalue weighted by Crippen LogP contribution is 2.33. The van der Waals surface area contributed by atoms with Gasteiger partial charge < -0.3 is 9.80 Å². The van der Waals surface area contributed by atoms with Gasteiger partial charge in [0.15, 0.2) is 0 Å². The van der Waals surface area contributed by atoms with Crippen molar-refractivity contribution in [3.63, 3.8) is 0 Å². The SMILES string of the molecule is CC(CC(F)(F)F)C(=O)N1C2CCC1CN(C)C2. The molecular formula is C12H19F3N2O. The van der Waals surface area contributed by atoms with Crippen LogP contribution in [0.4, 0.5) is 13.2 Å². The van der Waals surface area contributed by atoms with Gasteiger partial charge >= 0.3 is 6.18 Å². The van der Waals surface area contributed by atoms with Crippen molar-refractivity contribution in [1.82, 2.24) is 9.80 Å². The van der Waals surface area contributed by atoms with Crippen LogP contribution in [0.25, 0.3) is 0 Å². The molecule has 0 aromatic carbocycles. The second-order valence-corrected chi connectivity index (χ2v) is 5.57. The molecule has 1 amide bonds. The molecule has 2 saturated heterocycles. The zero-order valence-corrected chi connectivity index (χ0v) is 10.7. The second-order valence-electron chi connectivity index (χ2n) is 5.57. The van der Waals surface area contributed by atoms with Crippen LogP contribution in [-0.4, -0.2) is 54.1 Å². The van der Waals surface area contributed by atoms with E-state index in [0.29, 0.717) is 0 Å². The van der Waals surface area contributed by atoms with Gasteiger partial charge in [0.2, 0.25) is 5.91 Å². The smallest absolute Gasteiger partial charge is 0.334 e. The standard InChI is InChI=1S/C12H19F3N2O/c1-8(5-12(13,14)15)11(18)17-9-3-4-10(17)7-16(2)6-9/h8-10H,3-7H2,1-2H3. The number of hydrogen-bond donors (Lipinski definition) is 0. The zero-order valence-electron chi connectivity index (χ0n) is 10.7. The molecule has 2 bridgehead atoms. The number of likely N-dealkylation sites (N-methyl/N-ethyl adjacent to an activating group) is 1. The van der Waals surface area contributed by atoms with Crippen molar-refractivity contribution in [1.29, 1.82) is 0 Å². The Hall–Kier alpha value is -0.780. The van der Waals surface area contributed by atoms with E-state index in [1.807, 2.05) is 7.05 Å². The number of alkyl halides is 3. The third-order valence-electron chi connectivity index (χ3n) is 3.88. The number of halogens is 3. The van der Waals surface area contributed by atoms with Crippen LogP contribution in [0.3, 0.4) is 0 Å². The van der Waals surface area contributed by atoms with Gasteiger partial charge in [0.05, 0.1) is 6.42 Å². The van der Waals surface area contributed by atoms with Gasteiger partial charge in [0, 0.05) is 31.1 Å². The van der Waals surface area contributed by atoms with Crippen LogP contribution >= 0.6 is 0 Å². The van der Waals surface area contributed by atoms with E-state index in [2.05, 4.69) is 4.90 Å². The van der Waals surface area contributed by atoms with Crippen molar-refractivity contribution in [3.8, 4) is 0 Å². The monoisotopic (exact) mass is 264 g/mol. The lowest BCUT2D eigenvalue weighted by atomic mass is 10.0. The molecule has 104 valence electrons. The van der Waals surface area contributed by atoms with Crippen LogP contribution in [0.2, 0.25) is 0 Å². The molecule has 0 N–H and O–H groups in total. The van der Waals surface area contributed by atoms with E-state index in [-0.39, 0.29) is 18.0 Å². The molecule has 3 nitrogen and oxygen atoms in total. The molecule has 2 aliphatic rings. The van der Waals surface area contributed by atoms with Gasteiger partial charge in [0.25, 0.3) is 0 Å². The molecule has 2 aliphatic heterocycles. The minimum absolute atomic E-state index is 0.108. The number of likely N-dealkylation sites (tertiary alicyclic amines) is 1. The number of fused-ring (bicyclic) bond motifs is 2. The Balaban J connectivity index is 2.02. The normalized spacial score (nSPS) is 30.6. The van der Waals surface area contributed by atoms with Gasteiger partial charge in [-0.05, 0) is 19.9 Å². The summed E-state index contributed by atoms with van der Waals surface area (Å²) >= 11 is 0. The number of carbonyl (C=O) groups is 1. The fourth-order valence-corrected chi connectivity index (χ4v) is 3.16. The maximum absolute atomic E-state index is 12.3. The minimum Gasteiger partial charge on any atom is -0.334 e. The molecule has 3 unspecified atom stereocenters. The van der Waals surface area contributed by atoms with Crippen molar-refractivity contribution in [3.05, 3.63) is 0 Å². The third kappa shape index (κ3) is 2.79. The van der Waals surface area contributed by atoms with Crippen LogP contribution < -0.4 is 0 Å². The first kappa shape index (κ1) is 13.6. The molecule has 0 saturated carbocycles. The van der Waals surface area contributed by atoms with Crippen molar-refractivity contribution in [2.75, 3.05) is 20.1 Å². The number of piperazine rings is 1. The molecule has 3 atom stereocenters. The van der Waals surface area contributed by atoms with Crippen LogP contribution in [0.5, 0.6) is 0 Å². The van der Waals surface area contributed by atoms with Gasteiger partial charge in [-0.25, -0.2) is 0 Å². The first-order valence-corrected chi connectivity index (χ1v) is 6.35. The van der Waals surface area contributed by atoms with Gasteiger partial charge in [-0.1, -0.05) is 6.92 Å². The summed E-state index contributed by atoms with van der Waals surface area (Å²) in [6.07, 6.45) is -3.45. The third-order valence-corrected chi connectivity index (χ3v) is 3.88. The first-order valence-electron chi connectivity index (χ1n) is 6.35. The molecule has 6 heteroatoms. The fourth-order valence-electron chi connectivity index (χ4n) is 3.16. The minimum atomic E-state index is -4.26. The molecule has 0 radical (unpaired) electrons. The summed E-state index contributed by atoms with van der Waals surface area (Å²) in [5.41, 5.74) is 0. The average Bonchev–Trinajstić information content (AvgIpc) is 2.47. The number of nitrogens with zero attached hydrogens (tertiary/aromatic N) is 2. The van der Waals surface area contributed by atoms with Crippen LogP contribution in [0, 0.1) is 5.92 Å². The molecule has 0 spiro atoms. The fraction of sp³-hybridized carbons (Fsp3) is 0.917. The van der Waals surface area contributed by atoms with Crippen molar-refractivity contribution in [2.24, 2.45) is 5.92 Å². The lowest BCUT2D eigenvalue weighted by Gasteiger charge is -2.40. The van der Waals surface area contributed by atoms with E-state index in [1.165, 1.54) is 6.92 Å². The Bertz CT molecular complexity index is 318. The molecule has 0 aliphatic carbocycles. The number of hydrogen-bond acceptors (Lipinski definition) is 2. The van der Waals surface area contributed by atoms with E-state index < -0.39 is 18.5 Å². The Kier molecular flexibility index (Phi) is 3.58. The quantitative estimate of drug-likeness (QED) is 0.760. The van der Waals surface area contributed by atoms with Gasteiger partial charge in [-0.3, -0.25) is 4.79 Å². The number of amides is 1. The van der Waals surface area contributed by atoms with E-state index in [4.69, 9.17) is 0 Å². The number of carbonyl (C=O) groups excluding carboxylic acids is 1. The highest BCUT2D eigenvalue weighted by Gasteiger charge is 2.44. The Labute approximate surface area is 105 Å². The van der Waals surface area contributed by atoms with E-state index in [0.717, 1.165) is 25.9 Å². The largest absolute Gasteiger partial charge is 0.389 e. The summed E-state index contributed by atoms with van der Waals surface area (Å²) in [5, 5.41) is 0. The Morgan fingerprint density at radius 3 is 2.22 bits per heavy atom. The molecule has 18 heavy (non-hydrogen) atoms. The Morgan fingerprint density at radius 2 is 1.78 bits per heavy atom. The lowest BCUT2D eigenvalue weighted by molar-refractivity contribution is -0.161. The second kappa shape index (κ2) is 4.72. The summed E-state index contributed by atoms with van der Waals surface area (Å²) in [6.45, 7) is 2.94. The zero-order chi connectivity index (χ0) is 13.5. The summed E-state index contributed by atoms with van der Waals surface area (Å²) in [6, 6.07) is 0.217. The summed E-state index contributed by atoms with van der Waals surface area (Å²) in [5.74, 6) is -1.29. The van der Waals surface area contributed by atoms with Crippen LogP contribution in [-0.2, 0) is 4.79 Å². The van der Waals surface area contributed by atoms with Crippen molar-refractivity contribution in [2.45, 2.75) is 44.4 Å². The lowest BCUT2D eigenvalue weighted by Crippen LogP contribution is -2.56. The predicted molar refractivity (Wildman–Crippen MR) is 61.0 cm³/mol. The van der Waals surface area contributed by atoms with Gasteiger partial charge in [-0.2, -0.15) is 13.2 Å². The van der Waals surface area contributed by atoms with E-state index in [1.54, 1.807) is 4.90 Å². The van der Waals surface area contributed by atoms with Gasteiger partial charge in [0.1, 0.15) is 0 Å². The molecule has 2 fully saturated rings. The van der Waals surface area contributed by atoms with E-state index >= 15 is 0 Å². The first-order chi connectivity index (χ1) is 8.28. The maximum Gasteiger partial charge on any atom is 0.389 e. The number of rotatable bonds is 2. The van der Waals surface area contributed by atoms with Crippen molar-refractivity contribution >= 4 is 5.91 Å². The highest BCUT2D eigenvalue weighted by molar-refractivity contribution is 5.79. The van der Waals surface area contributed by atoms with E-state index in [9.17, 15) is 18.0 Å². The summed E-state index contributed by atoms with van der Waals surface area (Å²) < 4.78 is 37.0. The molecule has 0 aromatic rings. The topological polar surface area (TPSA) is 23.6 Å². The highest BCUT2D eigenvalue weighted by atomic mass is 19.4. The molecular weight excluding hydrogens is 245 g/mol. The molecule has 2 rings (SSSR count). The van der Waals surface area contributed by atoms with Crippen molar-refractivity contribution < 1.29 is 18.0 Å².